The van der Waals surface area contributed by atoms with Crippen molar-refractivity contribution in [2.24, 2.45) is 5.92 Å². The molecule has 1 amide bonds. The molecule has 1 aliphatic heterocycles. The van der Waals surface area contributed by atoms with Crippen LogP contribution in [0.4, 0.5) is 4.39 Å². The van der Waals surface area contributed by atoms with Crippen molar-refractivity contribution >= 4 is 5.91 Å². The Bertz CT molecular complexity index is 743. The molecule has 2 aromatic rings. The molecule has 4 rings (SSSR count). The molecular formula is C18H20FN3O2. The second-order valence-corrected chi connectivity index (χ2v) is 6.80. The summed E-state index contributed by atoms with van der Waals surface area (Å²) in [6, 6.07) is 6.50. The quantitative estimate of drug-likeness (QED) is 0.868. The number of piperidine rings is 1. The Labute approximate surface area is 139 Å². The highest BCUT2D eigenvalue weighted by atomic mass is 19.1. The maximum atomic E-state index is 13.0. The number of rotatable bonds is 3. The van der Waals surface area contributed by atoms with Crippen LogP contribution in [0.5, 0.6) is 0 Å². The lowest BCUT2D eigenvalue weighted by molar-refractivity contribution is -0.133. The number of hydrogen-bond acceptors (Lipinski definition) is 4. The van der Waals surface area contributed by atoms with Gasteiger partial charge in [-0.25, -0.2) is 4.39 Å². The summed E-state index contributed by atoms with van der Waals surface area (Å²) in [7, 11) is 0. The summed E-state index contributed by atoms with van der Waals surface area (Å²) in [5.41, 5.74) is 1.05. The number of benzene rings is 1. The van der Waals surface area contributed by atoms with E-state index in [1.54, 1.807) is 19.1 Å². The summed E-state index contributed by atoms with van der Waals surface area (Å²) in [5.74, 6) is 1.64. The first-order valence-electron chi connectivity index (χ1n) is 8.46. The number of halogens is 1. The topological polar surface area (TPSA) is 59.2 Å². The first-order chi connectivity index (χ1) is 11.6. The van der Waals surface area contributed by atoms with Crippen LogP contribution in [0.3, 0.4) is 0 Å². The molecule has 0 bridgehead atoms. The molecule has 1 saturated heterocycles. The third-order valence-corrected chi connectivity index (χ3v) is 5.05. The van der Waals surface area contributed by atoms with E-state index in [0.29, 0.717) is 18.3 Å². The van der Waals surface area contributed by atoms with Gasteiger partial charge in [0.15, 0.2) is 5.82 Å². The highest BCUT2D eigenvalue weighted by Crippen LogP contribution is 2.48. The van der Waals surface area contributed by atoms with Gasteiger partial charge in [0.05, 0.1) is 0 Å². The van der Waals surface area contributed by atoms with Crippen molar-refractivity contribution in [2.45, 2.75) is 38.0 Å². The Morgan fingerprint density at radius 2 is 2.12 bits per heavy atom. The third kappa shape index (κ3) is 2.92. The van der Waals surface area contributed by atoms with Gasteiger partial charge in [-0.15, -0.1) is 0 Å². The molecule has 1 saturated carbocycles. The number of nitrogens with zero attached hydrogens (tertiary/aromatic N) is 3. The molecule has 1 aromatic carbocycles. The summed E-state index contributed by atoms with van der Waals surface area (Å²) < 4.78 is 18.1. The number of hydrogen-bond donors (Lipinski definition) is 0. The SMILES string of the molecule is Cc1nc([C@@H]2CCCN(C(=O)[C@@H]3C[C@H]3c3ccc(F)cc3)C2)no1. The lowest BCUT2D eigenvalue weighted by Gasteiger charge is -2.31. The molecule has 0 unspecified atom stereocenters. The number of carbonyl (C=O) groups is 1. The fourth-order valence-electron chi connectivity index (χ4n) is 3.65. The normalized spacial score (nSPS) is 26.4. The van der Waals surface area contributed by atoms with Crippen molar-refractivity contribution in [1.29, 1.82) is 0 Å². The molecule has 5 nitrogen and oxygen atoms in total. The van der Waals surface area contributed by atoms with Gasteiger partial charge >= 0.3 is 0 Å². The van der Waals surface area contributed by atoms with Crippen LogP contribution in [0.1, 0.15) is 48.4 Å². The van der Waals surface area contributed by atoms with Gasteiger partial charge in [0.1, 0.15) is 5.82 Å². The van der Waals surface area contributed by atoms with Crippen LogP contribution >= 0.6 is 0 Å². The Kier molecular flexibility index (Phi) is 3.82. The van der Waals surface area contributed by atoms with Gasteiger partial charge in [0.25, 0.3) is 0 Å². The molecule has 2 fully saturated rings. The minimum absolute atomic E-state index is 0.0289. The van der Waals surface area contributed by atoms with E-state index in [1.165, 1.54) is 12.1 Å². The summed E-state index contributed by atoms with van der Waals surface area (Å²) >= 11 is 0. The molecule has 0 N–H and O–H groups in total. The van der Waals surface area contributed by atoms with E-state index in [1.807, 2.05) is 4.90 Å². The molecule has 0 spiro atoms. The molecule has 0 radical (unpaired) electrons. The van der Waals surface area contributed by atoms with E-state index in [2.05, 4.69) is 10.1 Å². The van der Waals surface area contributed by atoms with Gasteiger partial charge in [0, 0.05) is 31.8 Å². The summed E-state index contributed by atoms with van der Waals surface area (Å²) in [4.78, 5) is 19.0. The molecule has 1 aromatic heterocycles. The van der Waals surface area contributed by atoms with Gasteiger partial charge < -0.3 is 9.42 Å². The first-order valence-corrected chi connectivity index (χ1v) is 8.46. The van der Waals surface area contributed by atoms with E-state index < -0.39 is 0 Å². The van der Waals surface area contributed by atoms with Crippen molar-refractivity contribution < 1.29 is 13.7 Å². The number of aryl methyl sites for hydroxylation is 1. The van der Waals surface area contributed by atoms with E-state index in [-0.39, 0.29) is 29.5 Å². The average Bonchev–Trinajstić information content (AvgIpc) is 3.28. The van der Waals surface area contributed by atoms with E-state index >= 15 is 0 Å². The van der Waals surface area contributed by atoms with Crippen molar-refractivity contribution in [2.75, 3.05) is 13.1 Å². The molecule has 1 aliphatic carbocycles. The summed E-state index contributed by atoms with van der Waals surface area (Å²) in [5, 5.41) is 4.00. The standard InChI is InChI=1S/C18H20FN3O2/c1-11-20-17(21-24-11)13-3-2-8-22(10-13)18(23)16-9-15(16)12-4-6-14(19)7-5-12/h4-7,13,15-16H,2-3,8-10H2,1H3/t13-,15+,16-/m1/s1. The smallest absolute Gasteiger partial charge is 0.226 e. The zero-order chi connectivity index (χ0) is 16.7. The van der Waals surface area contributed by atoms with Crippen molar-refractivity contribution in [1.82, 2.24) is 15.0 Å². The third-order valence-electron chi connectivity index (χ3n) is 5.05. The highest BCUT2D eigenvalue weighted by Gasteiger charge is 2.46. The van der Waals surface area contributed by atoms with Gasteiger partial charge in [-0.3, -0.25) is 4.79 Å². The number of aromatic nitrogens is 2. The predicted octanol–water partition coefficient (Wildman–Crippen LogP) is 3.03. The maximum Gasteiger partial charge on any atom is 0.226 e. The van der Waals surface area contributed by atoms with Crippen molar-refractivity contribution in [3.05, 3.63) is 47.4 Å². The van der Waals surface area contributed by atoms with Gasteiger partial charge in [-0.1, -0.05) is 17.3 Å². The van der Waals surface area contributed by atoms with E-state index in [0.717, 1.165) is 31.4 Å². The average molecular weight is 329 g/mol. The second-order valence-electron chi connectivity index (χ2n) is 6.80. The molecule has 2 heterocycles. The Balaban J connectivity index is 1.41. The predicted molar refractivity (Wildman–Crippen MR) is 84.8 cm³/mol. The van der Waals surface area contributed by atoms with Crippen molar-refractivity contribution in [3.8, 4) is 0 Å². The van der Waals surface area contributed by atoms with Gasteiger partial charge in [-0.05, 0) is 42.9 Å². The van der Waals surface area contributed by atoms with Crippen LogP contribution in [0.2, 0.25) is 0 Å². The van der Waals surface area contributed by atoms with E-state index in [4.69, 9.17) is 4.52 Å². The van der Waals surface area contributed by atoms with Crippen LogP contribution in [0, 0.1) is 18.7 Å². The van der Waals surface area contributed by atoms with Crippen LogP contribution < -0.4 is 0 Å². The van der Waals surface area contributed by atoms with Gasteiger partial charge in [0.2, 0.25) is 11.8 Å². The molecule has 6 heteroatoms. The molecular weight excluding hydrogens is 309 g/mol. The summed E-state index contributed by atoms with van der Waals surface area (Å²) in [6.45, 7) is 3.23. The zero-order valence-electron chi connectivity index (χ0n) is 13.6. The molecule has 3 atom stereocenters. The largest absolute Gasteiger partial charge is 0.342 e. The Morgan fingerprint density at radius 3 is 2.83 bits per heavy atom. The van der Waals surface area contributed by atoms with Crippen LogP contribution in [0.25, 0.3) is 0 Å². The van der Waals surface area contributed by atoms with Gasteiger partial charge in [-0.2, -0.15) is 4.98 Å². The van der Waals surface area contributed by atoms with E-state index in [9.17, 15) is 9.18 Å². The Morgan fingerprint density at radius 1 is 1.33 bits per heavy atom. The number of amides is 1. The number of likely N-dealkylation sites (tertiary alicyclic amines) is 1. The Hall–Kier alpha value is -2.24. The van der Waals surface area contributed by atoms with Crippen molar-refractivity contribution in [3.63, 3.8) is 0 Å². The fraction of sp³-hybridized carbons (Fsp3) is 0.500. The second kappa shape index (κ2) is 6.00. The summed E-state index contributed by atoms with van der Waals surface area (Å²) in [6.07, 6.45) is 2.79. The zero-order valence-corrected chi connectivity index (χ0v) is 13.6. The van der Waals surface area contributed by atoms with Crippen LogP contribution in [-0.2, 0) is 4.79 Å². The molecule has 126 valence electrons. The lowest BCUT2D eigenvalue weighted by Crippen LogP contribution is -2.40. The van der Waals surface area contributed by atoms with Crippen LogP contribution in [0.15, 0.2) is 28.8 Å². The monoisotopic (exact) mass is 329 g/mol. The fourth-order valence-corrected chi connectivity index (χ4v) is 3.65. The highest BCUT2D eigenvalue weighted by molar-refractivity contribution is 5.83. The molecule has 2 aliphatic rings. The maximum absolute atomic E-state index is 13.0. The lowest BCUT2D eigenvalue weighted by atomic mass is 9.96. The minimum Gasteiger partial charge on any atom is -0.342 e. The first kappa shape index (κ1) is 15.3. The van der Waals surface area contributed by atoms with Crippen LogP contribution in [-0.4, -0.2) is 34.0 Å². The number of carbonyl (C=O) groups excluding carboxylic acids is 1. The minimum atomic E-state index is -0.239. The molecule has 24 heavy (non-hydrogen) atoms.